The van der Waals surface area contributed by atoms with Gasteiger partial charge in [0.05, 0.1) is 13.2 Å². The Hall–Kier alpha value is -2.50. The van der Waals surface area contributed by atoms with Crippen molar-refractivity contribution >= 4 is 0 Å². The first kappa shape index (κ1) is 16.7. The summed E-state index contributed by atoms with van der Waals surface area (Å²) in [4.78, 5) is 0. The van der Waals surface area contributed by atoms with Gasteiger partial charge in [-0.3, -0.25) is 0 Å². The molecule has 2 atom stereocenters. The van der Waals surface area contributed by atoms with Crippen LogP contribution in [0.25, 0.3) is 22.9 Å². The standard InChI is InChI=1S/C22H22N2O3/c1-3-15(19-7-9-25-13-19)11-17(5-1)21-23-24-22(27-21)18-6-2-4-16(12-18)20-8-10-26-14-20/h1-6,11-12,19-20H,7-10,13-14H2. The van der Waals surface area contributed by atoms with Gasteiger partial charge < -0.3 is 13.9 Å². The molecule has 2 aromatic carbocycles. The summed E-state index contributed by atoms with van der Waals surface area (Å²) < 4.78 is 17.0. The normalized spacial score (nSPS) is 22.4. The molecular formula is C22H22N2O3. The van der Waals surface area contributed by atoms with E-state index in [2.05, 4.69) is 34.5 Å². The van der Waals surface area contributed by atoms with E-state index in [1.54, 1.807) is 0 Å². The lowest BCUT2D eigenvalue weighted by Gasteiger charge is -2.09. The smallest absolute Gasteiger partial charge is 0.248 e. The van der Waals surface area contributed by atoms with Crippen LogP contribution < -0.4 is 0 Å². The summed E-state index contributed by atoms with van der Waals surface area (Å²) in [5.41, 5.74) is 4.46. The molecule has 5 heteroatoms. The molecule has 0 radical (unpaired) electrons. The number of benzene rings is 2. The van der Waals surface area contributed by atoms with Gasteiger partial charge in [0.2, 0.25) is 11.8 Å². The average Bonchev–Trinajstić information content (AvgIpc) is 3.51. The molecule has 3 heterocycles. The summed E-state index contributed by atoms with van der Waals surface area (Å²) in [6, 6.07) is 16.7. The van der Waals surface area contributed by atoms with Crippen molar-refractivity contribution in [1.82, 2.24) is 10.2 Å². The largest absolute Gasteiger partial charge is 0.416 e. The Morgan fingerprint density at radius 2 is 1.22 bits per heavy atom. The van der Waals surface area contributed by atoms with Crippen LogP contribution in [0.15, 0.2) is 52.9 Å². The molecule has 27 heavy (non-hydrogen) atoms. The lowest BCUT2D eigenvalue weighted by atomic mass is 9.97. The van der Waals surface area contributed by atoms with Crippen LogP contribution in [-0.2, 0) is 9.47 Å². The van der Waals surface area contributed by atoms with Gasteiger partial charge in [0.15, 0.2) is 0 Å². The van der Waals surface area contributed by atoms with Crippen molar-refractivity contribution in [3.05, 3.63) is 59.7 Å². The zero-order valence-electron chi connectivity index (χ0n) is 15.1. The van der Waals surface area contributed by atoms with E-state index in [1.807, 2.05) is 24.3 Å². The van der Waals surface area contributed by atoms with Gasteiger partial charge in [-0.15, -0.1) is 10.2 Å². The Bertz CT molecular complexity index is 851. The second-order valence-electron chi connectivity index (χ2n) is 7.28. The number of rotatable bonds is 4. The van der Waals surface area contributed by atoms with Gasteiger partial charge in [0.25, 0.3) is 0 Å². The van der Waals surface area contributed by atoms with Gasteiger partial charge in [-0.2, -0.15) is 0 Å². The maximum Gasteiger partial charge on any atom is 0.248 e. The molecule has 0 N–H and O–H groups in total. The number of nitrogens with zero attached hydrogens (tertiary/aromatic N) is 2. The lowest BCUT2D eigenvalue weighted by Crippen LogP contribution is -1.97. The molecule has 2 unspecified atom stereocenters. The maximum atomic E-state index is 6.01. The molecule has 0 aliphatic carbocycles. The first-order chi connectivity index (χ1) is 13.4. The summed E-state index contributed by atoms with van der Waals surface area (Å²) in [6.07, 6.45) is 2.13. The van der Waals surface area contributed by atoms with Crippen molar-refractivity contribution in [2.75, 3.05) is 26.4 Å². The summed E-state index contributed by atoms with van der Waals surface area (Å²) in [5, 5.41) is 8.57. The maximum absolute atomic E-state index is 6.01. The van der Waals surface area contributed by atoms with E-state index in [0.29, 0.717) is 23.6 Å². The summed E-state index contributed by atoms with van der Waals surface area (Å²) in [5.74, 6) is 2.02. The van der Waals surface area contributed by atoms with Crippen LogP contribution in [0, 0.1) is 0 Å². The van der Waals surface area contributed by atoms with Crippen molar-refractivity contribution < 1.29 is 13.9 Å². The van der Waals surface area contributed by atoms with Crippen molar-refractivity contribution in [2.45, 2.75) is 24.7 Å². The fourth-order valence-corrected chi connectivity index (χ4v) is 3.90. The Labute approximate surface area is 158 Å². The first-order valence-corrected chi connectivity index (χ1v) is 9.56. The van der Waals surface area contributed by atoms with E-state index in [1.165, 1.54) is 11.1 Å². The first-order valence-electron chi connectivity index (χ1n) is 9.56. The summed E-state index contributed by atoms with van der Waals surface area (Å²) in [7, 11) is 0. The summed E-state index contributed by atoms with van der Waals surface area (Å²) >= 11 is 0. The Balaban J connectivity index is 1.41. The molecule has 0 bridgehead atoms. The van der Waals surface area contributed by atoms with Gasteiger partial charge in [0, 0.05) is 36.2 Å². The van der Waals surface area contributed by atoms with Gasteiger partial charge >= 0.3 is 0 Å². The third kappa shape index (κ3) is 3.40. The predicted octanol–water partition coefficient (Wildman–Crippen LogP) is 4.41. The van der Waals surface area contributed by atoms with Crippen LogP contribution in [0.4, 0.5) is 0 Å². The quantitative estimate of drug-likeness (QED) is 0.688. The molecule has 138 valence electrons. The van der Waals surface area contributed by atoms with E-state index in [0.717, 1.165) is 50.4 Å². The SMILES string of the molecule is c1cc(-c2nnc(-c3cccc(C4CCOC4)c3)o2)cc(C2CCOC2)c1. The molecule has 1 aromatic heterocycles. The van der Waals surface area contributed by atoms with Gasteiger partial charge in [-0.1, -0.05) is 24.3 Å². The Morgan fingerprint density at radius 3 is 1.67 bits per heavy atom. The van der Waals surface area contributed by atoms with Crippen LogP contribution in [0.2, 0.25) is 0 Å². The molecule has 5 nitrogen and oxygen atoms in total. The van der Waals surface area contributed by atoms with Crippen molar-refractivity contribution in [3.63, 3.8) is 0 Å². The minimum absolute atomic E-state index is 0.456. The van der Waals surface area contributed by atoms with E-state index >= 15 is 0 Å². The minimum atomic E-state index is 0.456. The highest BCUT2D eigenvalue weighted by molar-refractivity contribution is 5.59. The minimum Gasteiger partial charge on any atom is -0.416 e. The molecule has 0 saturated carbocycles. The number of hydrogen-bond donors (Lipinski definition) is 0. The fraction of sp³-hybridized carbons (Fsp3) is 0.364. The molecule has 2 saturated heterocycles. The highest BCUT2D eigenvalue weighted by Gasteiger charge is 2.20. The van der Waals surface area contributed by atoms with Crippen molar-refractivity contribution in [2.24, 2.45) is 0 Å². The second kappa shape index (κ2) is 7.25. The molecule has 0 spiro atoms. The lowest BCUT2D eigenvalue weighted by molar-refractivity contribution is 0.194. The molecular weight excluding hydrogens is 340 g/mol. The average molecular weight is 362 g/mol. The monoisotopic (exact) mass is 362 g/mol. The van der Waals surface area contributed by atoms with Crippen LogP contribution in [0.5, 0.6) is 0 Å². The Kier molecular flexibility index (Phi) is 4.47. The fourth-order valence-electron chi connectivity index (χ4n) is 3.90. The zero-order valence-corrected chi connectivity index (χ0v) is 15.1. The third-order valence-corrected chi connectivity index (χ3v) is 5.49. The Morgan fingerprint density at radius 1 is 0.704 bits per heavy atom. The van der Waals surface area contributed by atoms with E-state index < -0.39 is 0 Å². The molecule has 5 rings (SSSR count). The molecule has 3 aromatic rings. The number of aromatic nitrogens is 2. The van der Waals surface area contributed by atoms with Crippen LogP contribution >= 0.6 is 0 Å². The van der Waals surface area contributed by atoms with E-state index in [4.69, 9.17) is 13.9 Å². The predicted molar refractivity (Wildman–Crippen MR) is 102 cm³/mol. The molecule has 0 amide bonds. The zero-order chi connectivity index (χ0) is 18.1. The molecule has 2 aliphatic rings. The topological polar surface area (TPSA) is 57.4 Å². The van der Waals surface area contributed by atoms with Crippen molar-refractivity contribution in [3.8, 4) is 22.9 Å². The second-order valence-corrected chi connectivity index (χ2v) is 7.28. The summed E-state index contributed by atoms with van der Waals surface area (Å²) in [6.45, 7) is 3.25. The van der Waals surface area contributed by atoms with Crippen LogP contribution in [-0.4, -0.2) is 36.6 Å². The van der Waals surface area contributed by atoms with Gasteiger partial charge in [0.1, 0.15) is 0 Å². The molecule has 2 fully saturated rings. The van der Waals surface area contributed by atoms with E-state index in [9.17, 15) is 0 Å². The van der Waals surface area contributed by atoms with Gasteiger partial charge in [-0.25, -0.2) is 0 Å². The van der Waals surface area contributed by atoms with Crippen LogP contribution in [0.3, 0.4) is 0 Å². The van der Waals surface area contributed by atoms with E-state index in [-0.39, 0.29) is 0 Å². The molecule has 2 aliphatic heterocycles. The van der Waals surface area contributed by atoms with Crippen LogP contribution in [0.1, 0.15) is 35.8 Å². The highest BCUT2D eigenvalue weighted by atomic mass is 16.5. The number of hydrogen-bond acceptors (Lipinski definition) is 5. The number of ether oxygens (including phenoxy) is 2. The van der Waals surface area contributed by atoms with Gasteiger partial charge in [-0.05, 0) is 48.2 Å². The van der Waals surface area contributed by atoms with Crippen molar-refractivity contribution in [1.29, 1.82) is 0 Å². The third-order valence-electron chi connectivity index (χ3n) is 5.49. The highest BCUT2D eigenvalue weighted by Crippen LogP contribution is 2.31.